The molecule has 0 unspecified atom stereocenters. The van der Waals surface area contributed by atoms with Gasteiger partial charge in [0.15, 0.2) is 0 Å². The lowest BCUT2D eigenvalue weighted by atomic mass is 9.93. The Labute approximate surface area is 130 Å². The van der Waals surface area contributed by atoms with Crippen LogP contribution in [-0.2, 0) is 9.53 Å². The number of cyclic esters (lactones) is 1. The van der Waals surface area contributed by atoms with Crippen LogP contribution in [0.4, 0.5) is 10.6 Å². The number of hydrogen-bond acceptors (Lipinski definition) is 4. The van der Waals surface area contributed by atoms with E-state index in [9.17, 15) is 9.59 Å². The van der Waals surface area contributed by atoms with E-state index in [1.54, 1.807) is 11.8 Å². The number of rotatable bonds is 2. The molecule has 0 spiro atoms. The van der Waals surface area contributed by atoms with Crippen molar-refractivity contribution in [2.75, 3.05) is 24.5 Å². The maximum Gasteiger partial charge on any atom is 0.415 e. The molecule has 1 atom stereocenters. The molecule has 6 nitrogen and oxygen atoms in total. The standard InChI is InChI=1S/C16H21N3O3/c1-11-10-19(16(21)22-11)15-5-3-4-14(17-15)13-6-8-18(9-7-13)12(2)20/h3-5,11,13H,6-10H2,1-2H3/t11-/m1/s1. The molecule has 2 aliphatic heterocycles. The van der Waals surface area contributed by atoms with Gasteiger partial charge in [-0.1, -0.05) is 6.07 Å². The summed E-state index contributed by atoms with van der Waals surface area (Å²) in [4.78, 5) is 31.3. The molecule has 3 heterocycles. The Hall–Kier alpha value is -2.11. The second-order valence-electron chi connectivity index (χ2n) is 6.01. The molecular weight excluding hydrogens is 282 g/mol. The zero-order valence-electron chi connectivity index (χ0n) is 13.0. The first-order valence-electron chi connectivity index (χ1n) is 7.75. The van der Waals surface area contributed by atoms with Crippen LogP contribution in [0.3, 0.4) is 0 Å². The fourth-order valence-corrected chi connectivity index (χ4v) is 3.10. The number of piperidine rings is 1. The summed E-state index contributed by atoms with van der Waals surface area (Å²) >= 11 is 0. The van der Waals surface area contributed by atoms with Gasteiger partial charge in [0.25, 0.3) is 0 Å². The molecule has 6 heteroatoms. The normalized spacial score (nSPS) is 22.8. The van der Waals surface area contributed by atoms with Gasteiger partial charge >= 0.3 is 6.09 Å². The Morgan fingerprint density at radius 2 is 2.05 bits per heavy atom. The molecule has 2 saturated heterocycles. The summed E-state index contributed by atoms with van der Waals surface area (Å²) in [6.07, 6.45) is 1.40. The zero-order valence-corrected chi connectivity index (χ0v) is 13.0. The van der Waals surface area contributed by atoms with Crippen molar-refractivity contribution in [1.29, 1.82) is 0 Å². The summed E-state index contributed by atoms with van der Waals surface area (Å²) in [5, 5.41) is 0. The van der Waals surface area contributed by atoms with E-state index in [2.05, 4.69) is 4.98 Å². The van der Waals surface area contributed by atoms with Crippen molar-refractivity contribution in [2.24, 2.45) is 0 Å². The number of aromatic nitrogens is 1. The van der Waals surface area contributed by atoms with Crippen molar-refractivity contribution >= 4 is 17.8 Å². The molecule has 1 aromatic heterocycles. The molecule has 2 aliphatic rings. The molecule has 1 aromatic rings. The molecule has 0 aromatic carbocycles. The van der Waals surface area contributed by atoms with E-state index >= 15 is 0 Å². The van der Waals surface area contributed by atoms with Crippen molar-refractivity contribution < 1.29 is 14.3 Å². The van der Waals surface area contributed by atoms with Crippen LogP contribution in [0.5, 0.6) is 0 Å². The number of carbonyl (C=O) groups is 2. The number of ether oxygens (including phenoxy) is 1. The lowest BCUT2D eigenvalue weighted by Gasteiger charge is -2.31. The Morgan fingerprint density at radius 1 is 1.32 bits per heavy atom. The van der Waals surface area contributed by atoms with Crippen molar-refractivity contribution in [1.82, 2.24) is 9.88 Å². The molecule has 2 amide bonds. The first-order valence-corrected chi connectivity index (χ1v) is 7.75. The molecule has 0 bridgehead atoms. The van der Waals surface area contributed by atoms with E-state index in [0.29, 0.717) is 18.3 Å². The number of carbonyl (C=O) groups excluding carboxylic acids is 2. The third-order valence-electron chi connectivity index (χ3n) is 4.35. The topological polar surface area (TPSA) is 62.7 Å². The van der Waals surface area contributed by atoms with Gasteiger partial charge in [-0.15, -0.1) is 0 Å². The average Bonchev–Trinajstić information content (AvgIpc) is 2.86. The van der Waals surface area contributed by atoms with Crippen LogP contribution in [0.15, 0.2) is 18.2 Å². The van der Waals surface area contributed by atoms with Crippen LogP contribution >= 0.6 is 0 Å². The summed E-state index contributed by atoms with van der Waals surface area (Å²) in [5.74, 6) is 1.13. The van der Waals surface area contributed by atoms with Crippen LogP contribution < -0.4 is 4.90 Å². The molecule has 3 rings (SSSR count). The third kappa shape index (κ3) is 2.91. The minimum Gasteiger partial charge on any atom is -0.444 e. The van der Waals surface area contributed by atoms with E-state index in [1.165, 1.54) is 0 Å². The molecule has 0 N–H and O–H groups in total. The fraction of sp³-hybridized carbons (Fsp3) is 0.562. The number of hydrogen-bond donors (Lipinski definition) is 0. The Bertz CT molecular complexity index is 582. The summed E-state index contributed by atoms with van der Waals surface area (Å²) < 4.78 is 5.16. The van der Waals surface area contributed by atoms with Crippen molar-refractivity contribution in [3.05, 3.63) is 23.9 Å². The van der Waals surface area contributed by atoms with Gasteiger partial charge in [0.05, 0.1) is 6.54 Å². The third-order valence-corrected chi connectivity index (χ3v) is 4.35. The largest absolute Gasteiger partial charge is 0.444 e. The summed E-state index contributed by atoms with van der Waals surface area (Å²) in [6, 6.07) is 5.78. The van der Waals surface area contributed by atoms with Crippen molar-refractivity contribution in [2.45, 2.75) is 38.7 Å². The summed E-state index contributed by atoms with van der Waals surface area (Å²) in [7, 11) is 0. The minimum atomic E-state index is -0.330. The van der Waals surface area contributed by atoms with E-state index < -0.39 is 0 Å². The number of anilines is 1. The van der Waals surface area contributed by atoms with E-state index in [1.807, 2.05) is 30.0 Å². The number of nitrogens with zero attached hydrogens (tertiary/aromatic N) is 3. The Balaban J connectivity index is 1.72. The first kappa shape index (κ1) is 14.8. The fourth-order valence-electron chi connectivity index (χ4n) is 3.10. The highest BCUT2D eigenvalue weighted by Gasteiger charge is 2.31. The van der Waals surface area contributed by atoms with Crippen molar-refractivity contribution in [3.63, 3.8) is 0 Å². The summed E-state index contributed by atoms with van der Waals surface area (Å²) in [5.41, 5.74) is 0.994. The smallest absolute Gasteiger partial charge is 0.415 e. The van der Waals surface area contributed by atoms with Gasteiger partial charge in [-0.25, -0.2) is 9.78 Å². The molecule has 118 valence electrons. The number of amides is 2. The van der Waals surface area contributed by atoms with Crippen LogP contribution in [0.25, 0.3) is 0 Å². The highest BCUT2D eigenvalue weighted by Crippen LogP contribution is 2.29. The van der Waals surface area contributed by atoms with Gasteiger partial charge in [0.2, 0.25) is 5.91 Å². The maximum atomic E-state index is 11.8. The van der Waals surface area contributed by atoms with Gasteiger partial charge < -0.3 is 9.64 Å². The molecule has 22 heavy (non-hydrogen) atoms. The predicted octanol–water partition coefficient (Wildman–Crippen LogP) is 2.15. The Morgan fingerprint density at radius 3 is 2.64 bits per heavy atom. The highest BCUT2D eigenvalue weighted by molar-refractivity contribution is 5.88. The molecule has 2 fully saturated rings. The van der Waals surface area contributed by atoms with Crippen LogP contribution in [0.1, 0.15) is 38.3 Å². The van der Waals surface area contributed by atoms with Gasteiger partial charge in [-0.2, -0.15) is 0 Å². The van der Waals surface area contributed by atoms with Crippen LogP contribution in [-0.4, -0.2) is 47.6 Å². The van der Waals surface area contributed by atoms with Gasteiger partial charge in [0, 0.05) is 31.6 Å². The maximum absolute atomic E-state index is 11.8. The Kier molecular flexibility index (Phi) is 4.00. The summed E-state index contributed by atoms with van der Waals surface area (Å²) in [6.45, 7) is 5.57. The van der Waals surface area contributed by atoms with Gasteiger partial charge in [-0.05, 0) is 31.9 Å². The van der Waals surface area contributed by atoms with Gasteiger partial charge in [0.1, 0.15) is 11.9 Å². The lowest BCUT2D eigenvalue weighted by Crippen LogP contribution is -2.36. The monoisotopic (exact) mass is 303 g/mol. The van der Waals surface area contributed by atoms with E-state index in [4.69, 9.17) is 4.74 Å². The van der Waals surface area contributed by atoms with Crippen molar-refractivity contribution in [3.8, 4) is 0 Å². The van der Waals surface area contributed by atoms with Gasteiger partial charge in [-0.3, -0.25) is 9.69 Å². The quantitative estimate of drug-likeness (QED) is 0.840. The van der Waals surface area contributed by atoms with Crippen LogP contribution in [0, 0.1) is 0 Å². The number of pyridine rings is 1. The second kappa shape index (κ2) is 5.94. The van der Waals surface area contributed by atoms with E-state index in [-0.39, 0.29) is 18.1 Å². The van der Waals surface area contributed by atoms with Crippen LogP contribution in [0.2, 0.25) is 0 Å². The second-order valence-corrected chi connectivity index (χ2v) is 6.01. The SMILES string of the molecule is CC(=O)N1CCC(c2cccc(N3C[C@@H](C)OC3=O)n2)CC1. The molecular formula is C16H21N3O3. The predicted molar refractivity (Wildman–Crippen MR) is 81.8 cm³/mol. The first-order chi connectivity index (χ1) is 10.5. The number of likely N-dealkylation sites (tertiary alicyclic amines) is 1. The van der Waals surface area contributed by atoms with E-state index in [0.717, 1.165) is 31.6 Å². The molecule has 0 saturated carbocycles. The highest BCUT2D eigenvalue weighted by atomic mass is 16.6. The molecule has 0 aliphatic carbocycles. The zero-order chi connectivity index (χ0) is 15.7. The lowest BCUT2D eigenvalue weighted by molar-refractivity contribution is -0.129. The average molecular weight is 303 g/mol. The molecule has 0 radical (unpaired) electrons. The minimum absolute atomic E-state index is 0.100.